The molecule has 2 unspecified atom stereocenters. The number of oxazole rings is 1. The highest BCUT2D eigenvalue weighted by Gasteiger charge is 2.38. The first-order valence-corrected chi connectivity index (χ1v) is 14.8. The van der Waals surface area contributed by atoms with Crippen molar-refractivity contribution in [2.45, 2.75) is 50.6 Å². The number of carboxylic acid groups (broad SMARTS) is 1. The number of rotatable bonds is 12. The lowest BCUT2D eigenvalue weighted by Crippen LogP contribution is -2.51. The number of imidazole rings is 1. The molecular formula is C31H29Cl2N5O6. The number of nitrogens with zero attached hydrogens (tertiary/aromatic N) is 3. The maximum absolute atomic E-state index is 13.3. The minimum absolute atomic E-state index is 0.106. The van der Waals surface area contributed by atoms with Gasteiger partial charge in [0.05, 0.1) is 28.2 Å². The van der Waals surface area contributed by atoms with Crippen molar-refractivity contribution in [3.05, 3.63) is 93.9 Å². The third kappa shape index (κ3) is 7.17. The van der Waals surface area contributed by atoms with E-state index < -0.39 is 48.0 Å². The summed E-state index contributed by atoms with van der Waals surface area (Å²) in [5.41, 5.74) is 2.35. The van der Waals surface area contributed by atoms with Crippen LogP contribution in [0.25, 0.3) is 11.3 Å². The molecule has 1 aliphatic heterocycles. The second-order valence-electron chi connectivity index (χ2n) is 10.4. The van der Waals surface area contributed by atoms with Gasteiger partial charge in [0.2, 0.25) is 11.7 Å². The fraction of sp³-hybridized carbons (Fsp3) is 0.290. The molecule has 2 amide bonds. The van der Waals surface area contributed by atoms with Crippen LogP contribution < -0.4 is 5.32 Å². The highest BCUT2D eigenvalue weighted by atomic mass is 35.5. The predicted molar refractivity (Wildman–Crippen MR) is 162 cm³/mol. The van der Waals surface area contributed by atoms with Gasteiger partial charge in [-0.2, -0.15) is 0 Å². The molecule has 1 saturated heterocycles. The lowest BCUT2D eigenvalue weighted by atomic mass is 10.1. The summed E-state index contributed by atoms with van der Waals surface area (Å²) in [6.07, 6.45) is 5.48. The first kappa shape index (κ1) is 31.0. The number of hydrogen-bond acceptors (Lipinski definition) is 7. The van der Waals surface area contributed by atoms with Gasteiger partial charge < -0.3 is 24.7 Å². The van der Waals surface area contributed by atoms with Gasteiger partial charge in [0.25, 0.3) is 11.8 Å². The zero-order valence-electron chi connectivity index (χ0n) is 23.5. The van der Waals surface area contributed by atoms with Crippen molar-refractivity contribution >= 4 is 46.8 Å². The molecule has 11 nitrogen and oxygen atoms in total. The number of carbonyl (C=O) groups excluding carboxylic acids is 3. The third-order valence-corrected chi connectivity index (χ3v) is 7.97. The first-order chi connectivity index (χ1) is 21.2. The van der Waals surface area contributed by atoms with Crippen molar-refractivity contribution < 1.29 is 28.7 Å². The van der Waals surface area contributed by atoms with Crippen molar-refractivity contribution in [2.75, 3.05) is 6.54 Å². The van der Waals surface area contributed by atoms with Gasteiger partial charge in [-0.1, -0.05) is 59.6 Å². The number of carbonyl (C=O) groups is 4. The van der Waals surface area contributed by atoms with E-state index in [2.05, 4.69) is 32.4 Å². The summed E-state index contributed by atoms with van der Waals surface area (Å²) in [4.78, 5) is 64.2. The molecule has 0 saturated carbocycles. The fourth-order valence-corrected chi connectivity index (χ4v) is 5.76. The number of Topliss-reactive ketones (excluding diaryl/α,β-unsaturated/α-hetero) is 1. The first-order valence-electron chi connectivity index (χ1n) is 14.1. The minimum Gasteiger partial charge on any atom is -0.481 e. The Morgan fingerprint density at radius 1 is 1.02 bits per heavy atom. The molecule has 0 bridgehead atoms. The number of amides is 2. The topological polar surface area (TPSA) is 158 Å². The summed E-state index contributed by atoms with van der Waals surface area (Å²) >= 11 is 12.5. The van der Waals surface area contributed by atoms with Crippen LogP contribution in [-0.2, 0) is 22.4 Å². The van der Waals surface area contributed by atoms with E-state index in [1.165, 1.54) is 16.7 Å². The van der Waals surface area contributed by atoms with Crippen LogP contribution >= 0.6 is 23.2 Å². The van der Waals surface area contributed by atoms with Crippen molar-refractivity contribution in [1.29, 1.82) is 0 Å². The summed E-state index contributed by atoms with van der Waals surface area (Å²) in [7, 11) is 0. The molecule has 2 aromatic carbocycles. The lowest BCUT2D eigenvalue weighted by Gasteiger charge is -2.25. The maximum atomic E-state index is 13.3. The Kier molecular flexibility index (Phi) is 9.76. The van der Waals surface area contributed by atoms with Crippen LogP contribution in [0.5, 0.6) is 0 Å². The number of carboxylic acids is 1. The summed E-state index contributed by atoms with van der Waals surface area (Å²) in [5, 5.41) is 12.5. The normalized spacial score (nSPS) is 15.2. The molecule has 4 aromatic rings. The van der Waals surface area contributed by atoms with Crippen LogP contribution in [0.1, 0.15) is 58.2 Å². The van der Waals surface area contributed by atoms with E-state index in [0.29, 0.717) is 31.4 Å². The molecular weight excluding hydrogens is 609 g/mol. The summed E-state index contributed by atoms with van der Waals surface area (Å²) < 4.78 is 5.58. The van der Waals surface area contributed by atoms with Crippen molar-refractivity contribution in [2.24, 2.45) is 0 Å². The van der Waals surface area contributed by atoms with E-state index in [9.17, 15) is 24.3 Å². The molecule has 5 rings (SSSR count). The Morgan fingerprint density at radius 2 is 1.77 bits per heavy atom. The molecule has 44 heavy (non-hydrogen) atoms. The molecule has 1 aliphatic rings. The Hall–Kier alpha value is -4.48. The standard InChI is InChI=1S/C31H29Cl2N5O6/c32-20-11-5-12-21(33)26(20)24-17-35-30(44-24)27(41)22(15-25(39)40)37-29(42)23-13-6-14-38(23)31(43)28-34-16-19(36-28)10-4-9-18-7-2-1-3-8-18/h1-3,5,7-8,11-12,16-17,22-23H,4,6,9-10,13-15H2,(H,34,36)(H,37,42)(H,39,40). The summed E-state index contributed by atoms with van der Waals surface area (Å²) in [5.74, 6) is -3.48. The Balaban J connectivity index is 1.24. The number of aromatic nitrogens is 3. The molecule has 3 N–H and O–H groups in total. The Labute approximate surface area is 262 Å². The molecule has 2 aromatic heterocycles. The van der Waals surface area contributed by atoms with Crippen LogP contribution in [-0.4, -0.2) is 67.2 Å². The van der Waals surface area contributed by atoms with Crippen LogP contribution in [0.15, 0.2) is 65.3 Å². The molecule has 3 heterocycles. The number of hydrogen-bond donors (Lipinski definition) is 3. The molecule has 0 aliphatic carbocycles. The average molecular weight is 639 g/mol. The summed E-state index contributed by atoms with van der Waals surface area (Å²) in [6.45, 7) is 0.306. The number of nitrogens with one attached hydrogen (secondary N) is 2. The number of H-pyrrole nitrogens is 1. The van der Waals surface area contributed by atoms with Gasteiger partial charge in [-0.15, -0.1) is 0 Å². The average Bonchev–Trinajstić information content (AvgIpc) is 3.78. The third-order valence-electron chi connectivity index (χ3n) is 7.34. The smallest absolute Gasteiger partial charge is 0.305 e. The molecule has 228 valence electrons. The molecule has 0 radical (unpaired) electrons. The quantitative estimate of drug-likeness (QED) is 0.183. The Morgan fingerprint density at radius 3 is 2.50 bits per heavy atom. The van der Waals surface area contributed by atoms with Crippen molar-refractivity contribution in [3.8, 4) is 11.3 Å². The van der Waals surface area contributed by atoms with E-state index in [-0.39, 0.29) is 21.6 Å². The Bertz CT molecular complexity index is 1650. The maximum Gasteiger partial charge on any atom is 0.305 e. The van der Waals surface area contributed by atoms with Gasteiger partial charge in [-0.3, -0.25) is 19.2 Å². The van der Waals surface area contributed by atoms with E-state index >= 15 is 0 Å². The van der Waals surface area contributed by atoms with E-state index in [0.717, 1.165) is 18.5 Å². The number of halogens is 2. The molecule has 13 heteroatoms. The molecule has 2 atom stereocenters. The van der Waals surface area contributed by atoms with Gasteiger partial charge in [-0.05, 0) is 49.8 Å². The van der Waals surface area contributed by atoms with Crippen molar-refractivity contribution in [3.63, 3.8) is 0 Å². The van der Waals surface area contributed by atoms with E-state index in [1.807, 2.05) is 18.2 Å². The van der Waals surface area contributed by atoms with Crippen LogP contribution in [0, 0.1) is 0 Å². The van der Waals surface area contributed by atoms with E-state index in [4.69, 9.17) is 27.6 Å². The molecule has 1 fully saturated rings. The number of benzene rings is 2. The van der Waals surface area contributed by atoms with Gasteiger partial charge in [0.15, 0.2) is 11.6 Å². The fourth-order valence-electron chi connectivity index (χ4n) is 5.18. The monoisotopic (exact) mass is 637 g/mol. The zero-order valence-corrected chi connectivity index (χ0v) is 25.0. The predicted octanol–water partition coefficient (Wildman–Crippen LogP) is 4.99. The van der Waals surface area contributed by atoms with Gasteiger partial charge >= 0.3 is 5.97 Å². The number of aromatic amines is 1. The number of likely N-dealkylation sites (tertiary alicyclic amines) is 1. The largest absolute Gasteiger partial charge is 0.481 e. The van der Waals surface area contributed by atoms with Crippen LogP contribution in [0.2, 0.25) is 10.0 Å². The SMILES string of the molecule is O=C(O)CC(NC(=O)C1CCCN1C(=O)c1ncc(CCCc2ccccc2)[nH]1)C(=O)c1ncc(-c2c(Cl)cccc2Cl)o1. The number of aliphatic carboxylic acids is 1. The van der Waals surface area contributed by atoms with Crippen LogP contribution in [0.4, 0.5) is 0 Å². The zero-order chi connectivity index (χ0) is 31.2. The second kappa shape index (κ2) is 13.9. The molecule has 0 spiro atoms. The van der Waals surface area contributed by atoms with Gasteiger partial charge in [0, 0.05) is 18.4 Å². The van der Waals surface area contributed by atoms with Crippen LogP contribution in [0.3, 0.4) is 0 Å². The highest BCUT2D eigenvalue weighted by molar-refractivity contribution is 6.39. The van der Waals surface area contributed by atoms with Gasteiger partial charge in [-0.25, -0.2) is 9.97 Å². The highest BCUT2D eigenvalue weighted by Crippen LogP contribution is 2.35. The minimum atomic E-state index is -1.49. The number of aryl methyl sites for hydroxylation is 2. The second-order valence-corrected chi connectivity index (χ2v) is 11.2. The van der Waals surface area contributed by atoms with Gasteiger partial charge in [0.1, 0.15) is 12.1 Å². The summed E-state index contributed by atoms with van der Waals surface area (Å²) in [6, 6.07) is 12.5. The van der Waals surface area contributed by atoms with E-state index in [1.54, 1.807) is 24.4 Å². The number of ketones is 1. The lowest BCUT2D eigenvalue weighted by molar-refractivity contribution is -0.137. The van der Waals surface area contributed by atoms with Crippen molar-refractivity contribution in [1.82, 2.24) is 25.2 Å².